The molecule has 1 amide bonds. The Morgan fingerprint density at radius 3 is 3.00 bits per heavy atom. The molecule has 3 N–H and O–H groups in total. The molecule has 2 aromatic rings. The summed E-state index contributed by atoms with van der Waals surface area (Å²) in [6, 6.07) is 11.4. The van der Waals surface area contributed by atoms with Crippen molar-refractivity contribution in [2.75, 3.05) is 6.54 Å². The largest absolute Gasteiger partial charge is 0.354 e. The Morgan fingerprint density at radius 2 is 2.22 bits per heavy atom. The molecule has 1 aromatic heterocycles. The Morgan fingerprint density at radius 1 is 1.30 bits per heavy atom. The molecule has 2 atom stereocenters. The fraction of sp³-hybridized carbons (Fsp3) is 0.294. The molecular formula is C17H19ClN4O. The summed E-state index contributed by atoms with van der Waals surface area (Å²) in [5.74, 6) is 0.00548. The van der Waals surface area contributed by atoms with Crippen molar-refractivity contribution in [3.8, 4) is 0 Å². The number of carbonyl (C=O) groups is 1. The summed E-state index contributed by atoms with van der Waals surface area (Å²) in [6.07, 6.45) is 5.03. The van der Waals surface area contributed by atoms with Gasteiger partial charge in [-0.05, 0) is 42.2 Å². The summed E-state index contributed by atoms with van der Waals surface area (Å²) < 4.78 is 0. The predicted octanol–water partition coefficient (Wildman–Crippen LogP) is 2.00. The topological polar surface area (TPSA) is 66.0 Å². The molecule has 1 aromatic carbocycles. The molecule has 1 saturated heterocycles. The third-order valence-corrected chi connectivity index (χ3v) is 4.14. The molecule has 1 fully saturated rings. The first-order chi connectivity index (χ1) is 11.2. The van der Waals surface area contributed by atoms with E-state index >= 15 is 0 Å². The van der Waals surface area contributed by atoms with Crippen LogP contribution in [0.1, 0.15) is 23.6 Å². The van der Waals surface area contributed by atoms with Gasteiger partial charge in [0, 0.05) is 30.0 Å². The van der Waals surface area contributed by atoms with Gasteiger partial charge in [-0.3, -0.25) is 9.78 Å². The Bertz CT molecular complexity index is 665. The zero-order chi connectivity index (χ0) is 16.1. The summed E-state index contributed by atoms with van der Waals surface area (Å²) in [5, 5.41) is 3.66. The van der Waals surface area contributed by atoms with Gasteiger partial charge in [-0.1, -0.05) is 29.8 Å². The number of carbonyl (C=O) groups excluding carboxylic acids is 1. The Kier molecular flexibility index (Phi) is 5.23. The lowest BCUT2D eigenvalue weighted by Gasteiger charge is -2.11. The molecular weight excluding hydrogens is 312 g/mol. The molecule has 1 aliphatic rings. The fourth-order valence-electron chi connectivity index (χ4n) is 2.67. The second kappa shape index (κ2) is 7.55. The van der Waals surface area contributed by atoms with Crippen LogP contribution >= 0.6 is 11.6 Å². The maximum Gasteiger partial charge on any atom is 0.238 e. The summed E-state index contributed by atoms with van der Waals surface area (Å²) in [7, 11) is 0. The van der Waals surface area contributed by atoms with Crippen molar-refractivity contribution in [2.45, 2.75) is 24.9 Å². The van der Waals surface area contributed by atoms with Crippen molar-refractivity contribution in [1.82, 2.24) is 21.2 Å². The third kappa shape index (κ3) is 4.28. The molecule has 5 nitrogen and oxygen atoms in total. The SMILES string of the molecule is O=C(NCCc1cccnc1)C1CC(c2cccc(Cl)c2)NN1. The van der Waals surface area contributed by atoms with Crippen molar-refractivity contribution < 1.29 is 4.79 Å². The molecule has 0 aliphatic carbocycles. The highest BCUT2D eigenvalue weighted by Crippen LogP contribution is 2.24. The van der Waals surface area contributed by atoms with E-state index in [1.54, 1.807) is 6.20 Å². The number of nitrogens with zero attached hydrogens (tertiary/aromatic N) is 1. The first-order valence-electron chi connectivity index (χ1n) is 7.65. The molecule has 0 radical (unpaired) electrons. The molecule has 0 bridgehead atoms. The van der Waals surface area contributed by atoms with Crippen LogP contribution in [0.5, 0.6) is 0 Å². The summed E-state index contributed by atoms with van der Waals surface area (Å²) in [4.78, 5) is 16.3. The van der Waals surface area contributed by atoms with Gasteiger partial charge in [-0.2, -0.15) is 0 Å². The lowest BCUT2D eigenvalue weighted by Crippen LogP contribution is -2.43. The molecule has 2 unspecified atom stereocenters. The lowest BCUT2D eigenvalue weighted by molar-refractivity contribution is -0.122. The Hall–Kier alpha value is -1.95. The number of nitrogens with one attached hydrogen (secondary N) is 3. The van der Waals surface area contributed by atoms with E-state index in [0.717, 1.165) is 17.5 Å². The highest BCUT2D eigenvalue weighted by atomic mass is 35.5. The number of pyridine rings is 1. The van der Waals surface area contributed by atoms with Crippen LogP contribution in [0.4, 0.5) is 0 Å². The maximum absolute atomic E-state index is 12.2. The number of aromatic nitrogens is 1. The monoisotopic (exact) mass is 330 g/mol. The normalized spacial score (nSPS) is 20.4. The van der Waals surface area contributed by atoms with Crippen LogP contribution in [0.2, 0.25) is 5.02 Å². The molecule has 23 heavy (non-hydrogen) atoms. The highest BCUT2D eigenvalue weighted by molar-refractivity contribution is 6.30. The van der Waals surface area contributed by atoms with Gasteiger partial charge in [-0.15, -0.1) is 0 Å². The second-order valence-corrected chi connectivity index (χ2v) is 6.02. The van der Waals surface area contributed by atoms with Gasteiger partial charge < -0.3 is 5.32 Å². The van der Waals surface area contributed by atoms with Gasteiger partial charge in [0.25, 0.3) is 0 Å². The minimum Gasteiger partial charge on any atom is -0.354 e. The standard InChI is InChI=1S/C17H19ClN4O/c18-14-5-1-4-13(9-14)15-10-16(22-21-15)17(23)20-8-6-12-3-2-7-19-11-12/h1-5,7,9,11,15-16,21-22H,6,8,10H2,(H,20,23). The Balaban J connectivity index is 1.48. The summed E-state index contributed by atoms with van der Waals surface area (Å²) in [5.41, 5.74) is 8.41. The van der Waals surface area contributed by atoms with Crippen molar-refractivity contribution in [3.05, 3.63) is 64.9 Å². The van der Waals surface area contributed by atoms with Gasteiger partial charge in [0.15, 0.2) is 0 Å². The molecule has 0 saturated carbocycles. The second-order valence-electron chi connectivity index (χ2n) is 5.59. The molecule has 0 spiro atoms. The molecule has 120 valence electrons. The van der Waals surface area contributed by atoms with Crippen molar-refractivity contribution in [1.29, 1.82) is 0 Å². The fourth-order valence-corrected chi connectivity index (χ4v) is 2.87. The van der Waals surface area contributed by atoms with Crippen LogP contribution in [0.15, 0.2) is 48.8 Å². The first-order valence-corrected chi connectivity index (χ1v) is 8.03. The van der Waals surface area contributed by atoms with Crippen LogP contribution < -0.4 is 16.2 Å². The molecule has 6 heteroatoms. The van der Waals surface area contributed by atoms with Crippen molar-refractivity contribution in [2.24, 2.45) is 0 Å². The van der Waals surface area contributed by atoms with E-state index in [1.165, 1.54) is 0 Å². The van der Waals surface area contributed by atoms with Crippen molar-refractivity contribution >= 4 is 17.5 Å². The van der Waals surface area contributed by atoms with E-state index < -0.39 is 0 Å². The van der Waals surface area contributed by atoms with Crippen LogP contribution in [0.25, 0.3) is 0 Å². The lowest BCUT2D eigenvalue weighted by atomic mass is 10.0. The van der Waals surface area contributed by atoms with Gasteiger partial charge in [0.1, 0.15) is 6.04 Å². The average Bonchev–Trinajstić information content (AvgIpc) is 3.06. The van der Waals surface area contributed by atoms with Gasteiger partial charge in [0.2, 0.25) is 5.91 Å². The number of hydrogen-bond acceptors (Lipinski definition) is 4. The van der Waals surface area contributed by atoms with Crippen LogP contribution in [-0.2, 0) is 11.2 Å². The molecule has 1 aliphatic heterocycles. The molecule has 3 rings (SSSR count). The minimum atomic E-state index is -0.243. The van der Waals surface area contributed by atoms with Crippen molar-refractivity contribution in [3.63, 3.8) is 0 Å². The quantitative estimate of drug-likeness (QED) is 0.784. The average molecular weight is 331 g/mol. The smallest absolute Gasteiger partial charge is 0.238 e. The van der Waals surface area contributed by atoms with E-state index in [4.69, 9.17) is 11.6 Å². The van der Waals surface area contributed by atoms with Gasteiger partial charge >= 0.3 is 0 Å². The number of halogens is 1. The number of hydrogen-bond donors (Lipinski definition) is 3. The number of hydrazine groups is 1. The number of amides is 1. The third-order valence-electron chi connectivity index (χ3n) is 3.91. The highest BCUT2D eigenvalue weighted by Gasteiger charge is 2.29. The maximum atomic E-state index is 12.2. The zero-order valence-electron chi connectivity index (χ0n) is 12.6. The van der Waals surface area contributed by atoms with E-state index in [0.29, 0.717) is 18.0 Å². The van der Waals surface area contributed by atoms with E-state index in [9.17, 15) is 4.79 Å². The number of rotatable bonds is 5. The first kappa shape index (κ1) is 15.9. The predicted molar refractivity (Wildman–Crippen MR) is 89.8 cm³/mol. The molecule has 2 heterocycles. The Labute approximate surface area is 140 Å². The minimum absolute atomic E-state index is 0.00548. The summed E-state index contributed by atoms with van der Waals surface area (Å²) >= 11 is 6.02. The van der Waals surface area contributed by atoms with Gasteiger partial charge in [0.05, 0.1) is 0 Å². The van der Waals surface area contributed by atoms with Gasteiger partial charge in [-0.25, -0.2) is 10.9 Å². The van der Waals surface area contributed by atoms with Crippen LogP contribution in [-0.4, -0.2) is 23.5 Å². The number of benzene rings is 1. The zero-order valence-corrected chi connectivity index (χ0v) is 13.4. The van der Waals surface area contributed by atoms with Crippen LogP contribution in [0.3, 0.4) is 0 Å². The van der Waals surface area contributed by atoms with E-state index in [1.807, 2.05) is 42.6 Å². The van der Waals surface area contributed by atoms with E-state index in [2.05, 4.69) is 21.2 Å². The summed E-state index contributed by atoms with van der Waals surface area (Å²) in [6.45, 7) is 0.602. The van der Waals surface area contributed by atoms with Crippen LogP contribution in [0, 0.1) is 0 Å². The van der Waals surface area contributed by atoms with E-state index in [-0.39, 0.29) is 18.0 Å².